The van der Waals surface area contributed by atoms with Crippen molar-refractivity contribution in [2.75, 3.05) is 26.0 Å². The maximum Gasteiger partial charge on any atom is 0.171 e. The molecule has 2 aromatic rings. The molecule has 0 saturated heterocycles. The van der Waals surface area contributed by atoms with Gasteiger partial charge in [0, 0.05) is 5.69 Å². The molecule has 0 bridgehead atoms. The lowest BCUT2D eigenvalue weighted by Gasteiger charge is -2.22. The van der Waals surface area contributed by atoms with Crippen molar-refractivity contribution in [3.05, 3.63) is 66.0 Å². The molecule has 1 atom stereocenters. The summed E-state index contributed by atoms with van der Waals surface area (Å²) in [4.78, 5) is 1.32. The van der Waals surface area contributed by atoms with Crippen molar-refractivity contribution in [2.45, 2.75) is 6.04 Å². The van der Waals surface area contributed by atoms with Crippen molar-refractivity contribution in [3.8, 4) is 0 Å². The normalized spacial score (nSPS) is 12.0. The molecule has 22 heavy (non-hydrogen) atoms. The Bertz CT molecular complexity index is 599. The summed E-state index contributed by atoms with van der Waals surface area (Å²) >= 11 is 5.37. The van der Waals surface area contributed by atoms with Gasteiger partial charge in [-0.3, -0.25) is 0 Å². The minimum atomic E-state index is -0.261. The number of hydrogen-bond acceptors (Lipinski definition) is 1. The number of halogens is 1. The second-order valence-corrected chi connectivity index (χ2v) is 5.89. The number of likely N-dealkylation sites (N-methyl/N-ethyl adjacent to an activating group) is 1. The smallest absolute Gasteiger partial charge is 0.171 e. The monoisotopic (exact) mass is 318 g/mol. The van der Waals surface area contributed by atoms with Gasteiger partial charge < -0.3 is 15.5 Å². The van der Waals surface area contributed by atoms with Gasteiger partial charge in [0.2, 0.25) is 0 Å². The van der Waals surface area contributed by atoms with Gasteiger partial charge in [-0.1, -0.05) is 30.3 Å². The Kier molecular flexibility index (Phi) is 5.86. The third kappa shape index (κ3) is 5.09. The Morgan fingerprint density at radius 3 is 2.32 bits per heavy atom. The average molecular weight is 318 g/mol. The largest absolute Gasteiger partial charge is 0.350 e. The van der Waals surface area contributed by atoms with Crippen LogP contribution in [0.3, 0.4) is 0 Å². The predicted molar refractivity (Wildman–Crippen MR) is 92.6 cm³/mol. The van der Waals surface area contributed by atoms with Crippen molar-refractivity contribution in [3.63, 3.8) is 0 Å². The van der Waals surface area contributed by atoms with E-state index in [4.69, 9.17) is 12.2 Å². The summed E-state index contributed by atoms with van der Waals surface area (Å²) in [6.07, 6.45) is 0. The molecule has 0 spiro atoms. The summed E-state index contributed by atoms with van der Waals surface area (Å²) in [7, 11) is 4.21. The molecule has 3 N–H and O–H groups in total. The van der Waals surface area contributed by atoms with Crippen molar-refractivity contribution in [1.29, 1.82) is 0 Å². The van der Waals surface area contributed by atoms with E-state index in [0.29, 0.717) is 5.11 Å². The topological polar surface area (TPSA) is 28.5 Å². The molecule has 0 saturated carbocycles. The van der Waals surface area contributed by atoms with Crippen LogP contribution in [-0.2, 0) is 0 Å². The first-order chi connectivity index (χ1) is 10.5. The van der Waals surface area contributed by atoms with Crippen molar-refractivity contribution < 1.29 is 9.29 Å². The van der Waals surface area contributed by atoms with Crippen molar-refractivity contribution >= 4 is 23.0 Å². The van der Waals surface area contributed by atoms with Crippen LogP contribution in [0.4, 0.5) is 10.1 Å². The Morgan fingerprint density at radius 1 is 1.09 bits per heavy atom. The molecule has 116 valence electrons. The van der Waals surface area contributed by atoms with E-state index in [9.17, 15) is 4.39 Å². The molecule has 0 aromatic heterocycles. The Morgan fingerprint density at radius 2 is 1.73 bits per heavy atom. The van der Waals surface area contributed by atoms with E-state index >= 15 is 0 Å². The molecular weight excluding hydrogens is 297 g/mol. The fourth-order valence-electron chi connectivity index (χ4n) is 2.20. The van der Waals surface area contributed by atoms with Crippen LogP contribution in [0.5, 0.6) is 0 Å². The first-order valence-electron chi connectivity index (χ1n) is 7.21. The zero-order valence-electron chi connectivity index (χ0n) is 12.8. The first kappa shape index (κ1) is 16.4. The van der Waals surface area contributed by atoms with Gasteiger partial charge in [-0.15, -0.1) is 0 Å². The van der Waals surface area contributed by atoms with E-state index < -0.39 is 0 Å². The Hall–Kier alpha value is -1.98. The molecule has 0 aliphatic heterocycles. The quantitative estimate of drug-likeness (QED) is 0.737. The minimum Gasteiger partial charge on any atom is -0.350 e. The van der Waals surface area contributed by atoms with E-state index in [-0.39, 0.29) is 11.9 Å². The molecule has 0 aliphatic rings. The summed E-state index contributed by atoms with van der Waals surface area (Å²) < 4.78 is 12.9. The summed E-state index contributed by atoms with van der Waals surface area (Å²) in [6, 6.07) is 16.5. The lowest BCUT2D eigenvalue weighted by atomic mass is 10.1. The SMILES string of the molecule is C[NH+](C)C[C@@H](NC(=S)Nc1ccc(F)cc1)c1ccccc1. The summed E-state index contributed by atoms with van der Waals surface area (Å²) in [5, 5.41) is 6.95. The van der Waals surface area contributed by atoms with Crippen LogP contribution < -0.4 is 15.5 Å². The second-order valence-electron chi connectivity index (χ2n) is 5.48. The molecule has 0 aliphatic carbocycles. The van der Waals surface area contributed by atoms with Gasteiger partial charge in [-0.05, 0) is 42.0 Å². The molecule has 5 heteroatoms. The second kappa shape index (κ2) is 7.87. The molecule has 0 unspecified atom stereocenters. The van der Waals surface area contributed by atoms with E-state index in [0.717, 1.165) is 12.2 Å². The molecular formula is C17H21FN3S+. The van der Waals surface area contributed by atoms with Crippen LogP contribution in [0, 0.1) is 5.82 Å². The maximum absolute atomic E-state index is 12.9. The standard InChI is InChI=1S/C17H20FN3S/c1-21(2)12-16(13-6-4-3-5-7-13)20-17(22)19-15-10-8-14(18)9-11-15/h3-11,16H,12H2,1-2H3,(H2,19,20,22)/p+1/t16-/m1/s1. The number of hydrogen-bond donors (Lipinski definition) is 3. The zero-order valence-corrected chi connectivity index (χ0v) is 13.6. The molecule has 2 aromatic carbocycles. The summed E-state index contributed by atoms with van der Waals surface area (Å²) in [6.45, 7) is 0.898. The molecule has 2 rings (SSSR count). The van der Waals surface area contributed by atoms with E-state index in [2.05, 4.69) is 36.9 Å². The van der Waals surface area contributed by atoms with E-state index in [1.54, 1.807) is 12.1 Å². The molecule has 0 radical (unpaired) electrons. The molecule has 0 fully saturated rings. The van der Waals surface area contributed by atoms with Gasteiger partial charge in [0.25, 0.3) is 0 Å². The lowest BCUT2D eigenvalue weighted by molar-refractivity contribution is -0.860. The Balaban J connectivity index is 2.03. The Labute approximate surface area is 136 Å². The van der Waals surface area contributed by atoms with Gasteiger partial charge in [-0.25, -0.2) is 4.39 Å². The fraction of sp³-hybridized carbons (Fsp3) is 0.235. The number of benzene rings is 2. The lowest BCUT2D eigenvalue weighted by Crippen LogP contribution is -3.06. The minimum absolute atomic E-state index is 0.117. The average Bonchev–Trinajstić information content (AvgIpc) is 2.49. The fourth-order valence-corrected chi connectivity index (χ4v) is 2.46. The van der Waals surface area contributed by atoms with Crippen LogP contribution in [0.2, 0.25) is 0 Å². The van der Waals surface area contributed by atoms with E-state index in [1.807, 2.05) is 18.2 Å². The van der Waals surface area contributed by atoms with Crippen LogP contribution in [0.1, 0.15) is 11.6 Å². The number of quaternary nitrogens is 1. The highest BCUT2D eigenvalue weighted by atomic mass is 32.1. The van der Waals surface area contributed by atoms with Crippen molar-refractivity contribution in [2.24, 2.45) is 0 Å². The van der Waals surface area contributed by atoms with Gasteiger partial charge in [-0.2, -0.15) is 0 Å². The van der Waals surface area contributed by atoms with Gasteiger partial charge in [0.05, 0.1) is 14.1 Å². The predicted octanol–water partition coefficient (Wildman–Crippen LogP) is 2.00. The summed E-state index contributed by atoms with van der Waals surface area (Å²) in [5.41, 5.74) is 1.95. The first-order valence-corrected chi connectivity index (χ1v) is 7.62. The van der Waals surface area contributed by atoms with Gasteiger partial charge in [0.15, 0.2) is 5.11 Å². The van der Waals surface area contributed by atoms with Gasteiger partial charge >= 0.3 is 0 Å². The van der Waals surface area contributed by atoms with Crippen LogP contribution in [-0.4, -0.2) is 25.8 Å². The summed E-state index contributed by atoms with van der Waals surface area (Å²) in [5.74, 6) is -0.261. The van der Waals surface area contributed by atoms with Crippen LogP contribution >= 0.6 is 12.2 Å². The third-order valence-electron chi connectivity index (χ3n) is 3.22. The molecule has 0 heterocycles. The number of nitrogens with one attached hydrogen (secondary N) is 3. The highest BCUT2D eigenvalue weighted by molar-refractivity contribution is 7.80. The van der Waals surface area contributed by atoms with Crippen molar-refractivity contribution in [1.82, 2.24) is 5.32 Å². The molecule has 0 amide bonds. The number of rotatable bonds is 5. The van der Waals surface area contributed by atoms with E-state index in [1.165, 1.54) is 22.6 Å². The highest BCUT2D eigenvalue weighted by Crippen LogP contribution is 2.12. The number of thiocarbonyl (C=S) groups is 1. The maximum atomic E-state index is 12.9. The third-order valence-corrected chi connectivity index (χ3v) is 3.44. The van der Waals surface area contributed by atoms with Crippen LogP contribution in [0.15, 0.2) is 54.6 Å². The van der Waals surface area contributed by atoms with Gasteiger partial charge in [0.1, 0.15) is 18.4 Å². The number of anilines is 1. The zero-order chi connectivity index (χ0) is 15.9. The van der Waals surface area contributed by atoms with Crippen LogP contribution in [0.25, 0.3) is 0 Å². The molecule has 3 nitrogen and oxygen atoms in total. The highest BCUT2D eigenvalue weighted by Gasteiger charge is 2.15.